The van der Waals surface area contributed by atoms with Crippen molar-refractivity contribution in [2.45, 2.75) is 48.1 Å². The molecule has 0 amide bonds. The second-order valence-electron chi connectivity index (χ2n) is 10.7. The Morgan fingerprint density at radius 2 is 1.86 bits per heavy atom. The minimum absolute atomic E-state index is 0.124. The van der Waals surface area contributed by atoms with Gasteiger partial charge in [0.2, 0.25) is 0 Å². The third-order valence-corrected chi connectivity index (χ3v) is 8.97. The lowest BCUT2D eigenvalue weighted by Gasteiger charge is -2.33. The van der Waals surface area contributed by atoms with Gasteiger partial charge in [0.25, 0.3) is 5.56 Å². The summed E-state index contributed by atoms with van der Waals surface area (Å²) in [6, 6.07) is 24.0. The fraction of sp³-hybridized carbons (Fsp3) is 0.333. The van der Waals surface area contributed by atoms with Crippen LogP contribution in [-0.2, 0) is 6.42 Å². The molecule has 9 heteroatoms. The summed E-state index contributed by atoms with van der Waals surface area (Å²) >= 11 is 7.58. The molecular weight excluding hydrogens is 571 g/mol. The highest BCUT2D eigenvalue weighted by Crippen LogP contribution is 2.31. The van der Waals surface area contributed by atoms with Crippen LogP contribution in [0.2, 0.25) is 5.02 Å². The minimum atomic E-state index is -0.201. The zero-order valence-electron chi connectivity index (χ0n) is 23.9. The summed E-state index contributed by atoms with van der Waals surface area (Å²) < 4.78 is 20.3. The largest absolute Gasteiger partial charge is 0.497 e. The van der Waals surface area contributed by atoms with Crippen molar-refractivity contribution in [2.24, 2.45) is 5.92 Å². The summed E-state index contributed by atoms with van der Waals surface area (Å²) in [5.74, 6) is 1.31. The Morgan fingerprint density at radius 3 is 2.57 bits per heavy atom. The van der Waals surface area contributed by atoms with Crippen molar-refractivity contribution in [1.82, 2.24) is 20.4 Å². The minimum Gasteiger partial charge on any atom is -0.497 e. The first kappa shape index (κ1) is 30.3. The van der Waals surface area contributed by atoms with Gasteiger partial charge >= 0.3 is 0 Å². The average Bonchev–Trinajstić information content (AvgIpc) is 3.02. The van der Waals surface area contributed by atoms with Gasteiger partial charge in [-0.1, -0.05) is 35.5 Å². The normalized spacial score (nSPS) is 17.6. The van der Waals surface area contributed by atoms with Gasteiger partial charge in [-0.15, -0.1) is 0 Å². The molecule has 42 heavy (non-hydrogen) atoms. The maximum Gasteiger partial charge on any atom is 0.274 e. The molecule has 3 atom stereocenters. The van der Waals surface area contributed by atoms with Crippen molar-refractivity contribution in [3.63, 3.8) is 0 Å². The highest BCUT2D eigenvalue weighted by atomic mass is 35.5. The maximum absolute atomic E-state index is 13.6. The van der Waals surface area contributed by atoms with Crippen LogP contribution < -0.4 is 20.9 Å². The number of hydrogen-bond donors (Lipinski definition) is 2. The van der Waals surface area contributed by atoms with Gasteiger partial charge in [-0.2, -0.15) is 9.78 Å². The molecule has 0 bridgehead atoms. The number of aromatic nitrogens is 2. The maximum atomic E-state index is 13.6. The van der Waals surface area contributed by atoms with Crippen molar-refractivity contribution in [3.05, 3.63) is 111 Å². The smallest absolute Gasteiger partial charge is 0.274 e. The van der Waals surface area contributed by atoms with Crippen molar-refractivity contribution in [1.29, 1.82) is 0 Å². The first-order valence-corrected chi connectivity index (χ1v) is 15.5. The quantitative estimate of drug-likeness (QED) is 0.203. The van der Waals surface area contributed by atoms with Crippen molar-refractivity contribution < 1.29 is 9.13 Å². The van der Waals surface area contributed by atoms with Crippen LogP contribution in [0.1, 0.15) is 36.8 Å². The summed E-state index contributed by atoms with van der Waals surface area (Å²) in [7, 11) is 1.61. The van der Waals surface area contributed by atoms with Crippen LogP contribution in [0.3, 0.4) is 0 Å². The standard InChI is InChI=1S/C33H36ClFN4O2S/c1-22(37-21-25-20-36-18-17-31(25)23-5-9-27(35)10-6-23)3-4-24-19-32(42-30-15-7-26(34)8-16-30)38-39(33(24)40)28-11-13-29(41-2)14-12-28/h5-16,19,22,25,31,36-37H,3-4,17-18,20-21H2,1-2H3/t22-,25-,31-/m1/s1. The van der Waals surface area contributed by atoms with E-state index >= 15 is 0 Å². The Labute approximate surface area is 255 Å². The van der Waals surface area contributed by atoms with Crippen LogP contribution in [0.4, 0.5) is 4.39 Å². The summed E-state index contributed by atoms with van der Waals surface area (Å²) in [6.45, 7) is 4.90. The van der Waals surface area contributed by atoms with Crippen molar-refractivity contribution in [2.75, 3.05) is 26.7 Å². The molecule has 1 aliphatic rings. The number of methoxy groups -OCH3 is 1. The van der Waals surface area contributed by atoms with Gasteiger partial charge in [-0.25, -0.2) is 4.39 Å². The number of nitrogens with zero attached hydrogens (tertiary/aromatic N) is 2. The van der Waals surface area contributed by atoms with E-state index in [0.29, 0.717) is 34.7 Å². The molecule has 1 aromatic heterocycles. The fourth-order valence-electron chi connectivity index (χ4n) is 5.38. The summed E-state index contributed by atoms with van der Waals surface area (Å²) in [6.07, 6.45) is 2.45. The Kier molecular flexibility index (Phi) is 10.3. The molecular formula is C33H36ClFN4O2S. The number of ether oxygens (including phenoxy) is 1. The van der Waals surface area contributed by atoms with E-state index in [1.807, 2.05) is 66.7 Å². The molecule has 0 unspecified atom stereocenters. The summed E-state index contributed by atoms with van der Waals surface area (Å²) in [4.78, 5) is 14.6. The highest BCUT2D eigenvalue weighted by molar-refractivity contribution is 7.99. The monoisotopic (exact) mass is 606 g/mol. The number of rotatable bonds is 11. The predicted octanol–water partition coefficient (Wildman–Crippen LogP) is 6.49. The molecule has 4 aromatic rings. The molecule has 6 nitrogen and oxygen atoms in total. The van der Waals surface area contributed by atoms with Crippen molar-refractivity contribution >= 4 is 23.4 Å². The van der Waals surface area contributed by atoms with E-state index in [2.05, 4.69) is 17.6 Å². The van der Waals surface area contributed by atoms with Gasteiger partial charge in [-0.05, 0) is 130 Å². The Morgan fingerprint density at radius 1 is 1.12 bits per heavy atom. The van der Waals surface area contributed by atoms with E-state index in [1.165, 1.54) is 22.0 Å². The lowest BCUT2D eigenvalue weighted by atomic mass is 9.81. The average molecular weight is 607 g/mol. The zero-order valence-corrected chi connectivity index (χ0v) is 25.4. The van der Waals surface area contributed by atoms with Gasteiger partial charge in [0, 0.05) is 21.5 Å². The van der Waals surface area contributed by atoms with Crippen LogP contribution >= 0.6 is 23.4 Å². The molecule has 1 aliphatic heterocycles. The summed E-state index contributed by atoms with van der Waals surface area (Å²) in [5.41, 5.74) is 2.47. The zero-order chi connectivity index (χ0) is 29.5. The third kappa shape index (κ3) is 7.81. The molecule has 0 saturated carbocycles. The molecule has 0 spiro atoms. The molecule has 2 heterocycles. The van der Waals surface area contributed by atoms with Gasteiger partial charge in [0.05, 0.1) is 12.8 Å². The van der Waals surface area contributed by atoms with Gasteiger partial charge in [0.1, 0.15) is 16.6 Å². The topological polar surface area (TPSA) is 68.2 Å². The summed E-state index contributed by atoms with van der Waals surface area (Å²) in [5, 5.41) is 13.3. The van der Waals surface area contributed by atoms with E-state index in [4.69, 9.17) is 21.4 Å². The highest BCUT2D eigenvalue weighted by Gasteiger charge is 2.26. The van der Waals surface area contributed by atoms with Crippen LogP contribution in [0, 0.1) is 11.7 Å². The Bertz CT molecular complexity index is 1510. The van der Waals surface area contributed by atoms with Crippen LogP contribution in [0.5, 0.6) is 5.75 Å². The first-order chi connectivity index (χ1) is 20.4. The SMILES string of the molecule is COc1ccc(-n2nc(Sc3ccc(Cl)cc3)cc(CC[C@@H](C)NC[C@H]3CNCC[C@@H]3c3ccc(F)cc3)c2=O)cc1. The van der Waals surface area contributed by atoms with E-state index in [0.717, 1.165) is 48.0 Å². The van der Waals surface area contributed by atoms with Gasteiger partial charge in [0.15, 0.2) is 0 Å². The molecule has 2 N–H and O–H groups in total. The van der Waals surface area contributed by atoms with E-state index in [1.54, 1.807) is 19.2 Å². The molecule has 1 saturated heterocycles. The first-order valence-electron chi connectivity index (χ1n) is 14.3. The number of nitrogens with one attached hydrogen (secondary N) is 2. The molecule has 0 radical (unpaired) electrons. The second kappa shape index (κ2) is 14.3. The Balaban J connectivity index is 1.29. The Hall–Kier alpha value is -3.17. The molecule has 1 fully saturated rings. The second-order valence-corrected chi connectivity index (χ2v) is 12.3. The third-order valence-electron chi connectivity index (χ3n) is 7.80. The molecule has 3 aromatic carbocycles. The molecule has 0 aliphatic carbocycles. The van der Waals surface area contributed by atoms with E-state index in [9.17, 15) is 9.18 Å². The number of aryl methyl sites for hydroxylation is 1. The van der Waals surface area contributed by atoms with Crippen LogP contribution in [0.25, 0.3) is 5.69 Å². The number of piperidine rings is 1. The number of halogens is 2. The van der Waals surface area contributed by atoms with E-state index in [-0.39, 0.29) is 17.4 Å². The van der Waals surface area contributed by atoms with E-state index < -0.39 is 0 Å². The van der Waals surface area contributed by atoms with Gasteiger partial charge < -0.3 is 15.4 Å². The number of hydrogen-bond acceptors (Lipinski definition) is 6. The van der Waals surface area contributed by atoms with Crippen LogP contribution in [-0.4, -0.2) is 42.6 Å². The van der Waals surface area contributed by atoms with Crippen LogP contribution in [0.15, 0.2) is 93.6 Å². The lowest BCUT2D eigenvalue weighted by Crippen LogP contribution is -2.43. The number of benzene rings is 3. The molecule has 220 valence electrons. The molecule has 5 rings (SSSR count). The lowest BCUT2D eigenvalue weighted by molar-refractivity contribution is 0.301. The van der Waals surface area contributed by atoms with Gasteiger partial charge in [-0.3, -0.25) is 4.79 Å². The predicted molar refractivity (Wildman–Crippen MR) is 168 cm³/mol. The van der Waals surface area contributed by atoms with Crippen molar-refractivity contribution in [3.8, 4) is 11.4 Å². The fourth-order valence-corrected chi connectivity index (χ4v) is 6.35.